The number of amides is 1. The minimum absolute atomic E-state index is 0.132. The minimum atomic E-state index is -0.372. The second-order valence-electron chi connectivity index (χ2n) is 7.52. The van der Waals surface area contributed by atoms with E-state index in [0.29, 0.717) is 35.5 Å². The molecule has 0 bridgehead atoms. The summed E-state index contributed by atoms with van der Waals surface area (Å²) in [5.74, 6) is 2.72. The number of aryl methyl sites for hydroxylation is 2. The summed E-state index contributed by atoms with van der Waals surface area (Å²) >= 11 is 1.36. The number of nitrogens with one attached hydrogen (secondary N) is 1. The standard InChI is InChI=1S/C23H26N4O4S/c1-5-27-21(12-29-18-8-6-14(2)10-15(18)3)25-26-23(27)32-16(4)22(28)24-17-7-9-19-20(11-17)31-13-30-19/h6-11,16H,5,12-13H2,1-4H3,(H,24,28)/t16-/m0/s1. The van der Waals surface area contributed by atoms with E-state index in [0.717, 1.165) is 17.1 Å². The second kappa shape index (κ2) is 9.52. The van der Waals surface area contributed by atoms with E-state index in [1.54, 1.807) is 18.2 Å². The summed E-state index contributed by atoms with van der Waals surface area (Å²) in [4.78, 5) is 12.7. The van der Waals surface area contributed by atoms with Crippen LogP contribution in [0.5, 0.6) is 17.2 Å². The van der Waals surface area contributed by atoms with Crippen LogP contribution in [0.15, 0.2) is 41.6 Å². The Kier molecular flexibility index (Phi) is 6.55. The van der Waals surface area contributed by atoms with E-state index in [-0.39, 0.29) is 18.0 Å². The maximum atomic E-state index is 12.7. The maximum absolute atomic E-state index is 12.7. The van der Waals surface area contributed by atoms with Gasteiger partial charge in [-0.1, -0.05) is 29.5 Å². The third kappa shape index (κ3) is 4.83. The number of hydrogen-bond donors (Lipinski definition) is 1. The zero-order valence-electron chi connectivity index (χ0n) is 18.5. The van der Waals surface area contributed by atoms with Crippen molar-refractivity contribution in [3.05, 3.63) is 53.3 Å². The van der Waals surface area contributed by atoms with Gasteiger partial charge in [-0.25, -0.2) is 0 Å². The highest BCUT2D eigenvalue weighted by Gasteiger charge is 2.21. The van der Waals surface area contributed by atoms with Crippen LogP contribution >= 0.6 is 11.8 Å². The lowest BCUT2D eigenvalue weighted by atomic mass is 10.1. The van der Waals surface area contributed by atoms with Crippen LogP contribution in [-0.4, -0.2) is 32.7 Å². The summed E-state index contributed by atoms with van der Waals surface area (Å²) in [6.45, 7) is 9.12. The van der Waals surface area contributed by atoms with Crippen molar-refractivity contribution in [3.63, 3.8) is 0 Å². The molecule has 2 aromatic carbocycles. The Morgan fingerprint density at radius 2 is 2.00 bits per heavy atom. The number of fused-ring (bicyclic) bond motifs is 1. The van der Waals surface area contributed by atoms with Crippen LogP contribution in [-0.2, 0) is 17.9 Å². The number of anilines is 1. The third-order valence-electron chi connectivity index (χ3n) is 5.09. The molecule has 0 radical (unpaired) electrons. The molecule has 0 unspecified atom stereocenters. The van der Waals surface area contributed by atoms with Gasteiger partial charge in [-0.05, 0) is 51.5 Å². The van der Waals surface area contributed by atoms with Gasteiger partial charge < -0.3 is 24.1 Å². The maximum Gasteiger partial charge on any atom is 0.237 e. The molecule has 32 heavy (non-hydrogen) atoms. The van der Waals surface area contributed by atoms with Crippen LogP contribution in [0.1, 0.15) is 30.8 Å². The van der Waals surface area contributed by atoms with Gasteiger partial charge in [0.15, 0.2) is 22.5 Å². The first-order valence-electron chi connectivity index (χ1n) is 10.4. The number of carbonyl (C=O) groups is 1. The number of hydrogen-bond acceptors (Lipinski definition) is 7. The normalized spacial score (nSPS) is 13.1. The highest BCUT2D eigenvalue weighted by molar-refractivity contribution is 8.00. The van der Waals surface area contributed by atoms with Gasteiger partial charge in [-0.2, -0.15) is 0 Å². The number of thioether (sulfide) groups is 1. The van der Waals surface area contributed by atoms with Crippen molar-refractivity contribution in [1.29, 1.82) is 0 Å². The van der Waals surface area contributed by atoms with Crippen molar-refractivity contribution < 1.29 is 19.0 Å². The smallest absolute Gasteiger partial charge is 0.237 e. The van der Waals surface area contributed by atoms with Crippen LogP contribution in [0.3, 0.4) is 0 Å². The molecule has 1 aromatic heterocycles. The van der Waals surface area contributed by atoms with Crippen molar-refractivity contribution in [1.82, 2.24) is 14.8 Å². The summed E-state index contributed by atoms with van der Waals surface area (Å²) in [7, 11) is 0. The van der Waals surface area contributed by atoms with Gasteiger partial charge in [-0.3, -0.25) is 4.79 Å². The van der Waals surface area contributed by atoms with E-state index in [1.165, 1.54) is 17.3 Å². The quantitative estimate of drug-likeness (QED) is 0.507. The molecular weight excluding hydrogens is 428 g/mol. The Morgan fingerprint density at radius 3 is 2.78 bits per heavy atom. The SMILES string of the molecule is CCn1c(COc2ccc(C)cc2C)nnc1S[C@@H](C)C(=O)Nc1ccc2c(c1)OCO2. The van der Waals surface area contributed by atoms with E-state index in [1.807, 2.05) is 37.5 Å². The second-order valence-corrected chi connectivity index (χ2v) is 8.83. The summed E-state index contributed by atoms with van der Waals surface area (Å²) in [6.07, 6.45) is 0. The fourth-order valence-electron chi connectivity index (χ4n) is 3.36. The number of aromatic nitrogens is 3. The molecule has 0 spiro atoms. The third-order valence-corrected chi connectivity index (χ3v) is 6.17. The molecule has 0 saturated carbocycles. The zero-order chi connectivity index (χ0) is 22.7. The van der Waals surface area contributed by atoms with Gasteiger partial charge in [-0.15, -0.1) is 10.2 Å². The van der Waals surface area contributed by atoms with Gasteiger partial charge in [0.1, 0.15) is 12.4 Å². The molecule has 9 heteroatoms. The van der Waals surface area contributed by atoms with Crippen molar-refractivity contribution in [2.45, 2.75) is 51.3 Å². The monoisotopic (exact) mass is 454 g/mol. The summed E-state index contributed by atoms with van der Waals surface area (Å²) in [5.41, 5.74) is 2.93. The lowest BCUT2D eigenvalue weighted by Crippen LogP contribution is -2.23. The van der Waals surface area contributed by atoms with E-state index in [2.05, 4.69) is 28.5 Å². The number of rotatable bonds is 8. The fourth-order valence-corrected chi connectivity index (χ4v) is 4.30. The van der Waals surface area contributed by atoms with Crippen LogP contribution in [0.4, 0.5) is 5.69 Å². The van der Waals surface area contributed by atoms with Gasteiger partial charge >= 0.3 is 0 Å². The Balaban J connectivity index is 1.39. The molecule has 168 valence electrons. The molecule has 1 aliphatic rings. The number of nitrogens with zero attached hydrogens (tertiary/aromatic N) is 3. The first-order valence-corrected chi connectivity index (χ1v) is 11.3. The van der Waals surface area contributed by atoms with E-state index in [4.69, 9.17) is 14.2 Å². The van der Waals surface area contributed by atoms with E-state index < -0.39 is 0 Å². The summed E-state index contributed by atoms with van der Waals surface area (Å²) in [5, 5.41) is 11.8. The predicted octanol–water partition coefficient (Wildman–Crippen LogP) is 4.34. The van der Waals surface area contributed by atoms with Gasteiger partial charge in [0, 0.05) is 18.3 Å². The molecule has 1 atom stereocenters. The first-order chi connectivity index (χ1) is 15.4. The molecule has 0 saturated heterocycles. The van der Waals surface area contributed by atoms with Crippen molar-refractivity contribution in [3.8, 4) is 17.2 Å². The topological polar surface area (TPSA) is 87.5 Å². The lowest BCUT2D eigenvalue weighted by Gasteiger charge is -2.13. The van der Waals surface area contributed by atoms with Crippen LogP contribution in [0, 0.1) is 13.8 Å². The fraction of sp³-hybridized carbons (Fsp3) is 0.348. The number of ether oxygens (including phenoxy) is 3. The molecule has 1 amide bonds. The molecule has 0 fully saturated rings. The van der Waals surface area contributed by atoms with Gasteiger partial charge in [0.05, 0.1) is 5.25 Å². The molecular formula is C23H26N4O4S. The summed E-state index contributed by atoms with van der Waals surface area (Å²) < 4.78 is 18.6. The van der Waals surface area contributed by atoms with Crippen molar-refractivity contribution in [2.75, 3.05) is 12.1 Å². The Labute approximate surface area is 191 Å². The predicted molar refractivity (Wildman–Crippen MR) is 122 cm³/mol. The molecule has 1 N–H and O–H groups in total. The molecule has 2 heterocycles. The molecule has 0 aliphatic carbocycles. The number of benzene rings is 2. The largest absolute Gasteiger partial charge is 0.485 e. The van der Waals surface area contributed by atoms with E-state index in [9.17, 15) is 4.79 Å². The number of carbonyl (C=O) groups excluding carboxylic acids is 1. The van der Waals surface area contributed by atoms with Crippen LogP contribution < -0.4 is 19.5 Å². The van der Waals surface area contributed by atoms with Crippen LogP contribution in [0.2, 0.25) is 0 Å². The highest BCUT2D eigenvalue weighted by atomic mass is 32.2. The molecule has 4 rings (SSSR count). The molecule has 1 aliphatic heterocycles. The Bertz CT molecular complexity index is 1130. The Morgan fingerprint density at radius 1 is 1.19 bits per heavy atom. The summed E-state index contributed by atoms with van der Waals surface area (Å²) in [6, 6.07) is 11.4. The highest BCUT2D eigenvalue weighted by Crippen LogP contribution is 2.34. The minimum Gasteiger partial charge on any atom is -0.485 e. The van der Waals surface area contributed by atoms with Crippen molar-refractivity contribution in [2.24, 2.45) is 0 Å². The van der Waals surface area contributed by atoms with Gasteiger partial charge in [0.25, 0.3) is 0 Å². The zero-order valence-corrected chi connectivity index (χ0v) is 19.4. The van der Waals surface area contributed by atoms with Crippen LogP contribution in [0.25, 0.3) is 0 Å². The average molecular weight is 455 g/mol. The molecule has 8 nitrogen and oxygen atoms in total. The molecule has 3 aromatic rings. The van der Waals surface area contributed by atoms with Crippen molar-refractivity contribution >= 4 is 23.4 Å². The average Bonchev–Trinajstić information content (AvgIpc) is 3.39. The lowest BCUT2D eigenvalue weighted by molar-refractivity contribution is -0.115. The van der Waals surface area contributed by atoms with Gasteiger partial charge in [0.2, 0.25) is 12.7 Å². The Hall–Kier alpha value is -3.20. The van der Waals surface area contributed by atoms with E-state index >= 15 is 0 Å². The first kappa shape index (κ1) is 22.0.